The fourth-order valence-corrected chi connectivity index (χ4v) is 4.74. The molecular formula is C38H64N6. The summed E-state index contributed by atoms with van der Waals surface area (Å²) in [5.41, 5.74) is 7.46. The molecule has 0 unspecified atom stereocenters. The lowest BCUT2D eigenvalue weighted by molar-refractivity contribution is 0.573. The largest absolute Gasteiger partial charge is 0.159 e. The summed E-state index contributed by atoms with van der Waals surface area (Å²) in [5, 5.41) is 24.6. The number of aryl methyl sites for hydroxylation is 2. The van der Waals surface area contributed by atoms with Crippen molar-refractivity contribution >= 4 is 0 Å². The summed E-state index contributed by atoms with van der Waals surface area (Å²) < 4.78 is 0. The Morgan fingerprint density at radius 2 is 1.00 bits per heavy atom. The smallest absolute Gasteiger partial charge is 0.0665 e. The van der Waals surface area contributed by atoms with Gasteiger partial charge >= 0.3 is 0 Å². The molecule has 0 radical (unpaired) electrons. The van der Waals surface area contributed by atoms with E-state index >= 15 is 0 Å². The van der Waals surface area contributed by atoms with Gasteiger partial charge in [0, 0.05) is 6.20 Å². The zero-order valence-corrected chi connectivity index (χ0v) is 30.3. The Labute approximate surface area is 270 Å². The van der Waals surface area contributed by atoms with Crippen LogP contribution < -0.4 is 0 Å². The van der Waals surface area contributed by atoms with Crippen LogP contribution in [0.4, 0.5) is 0 Å². The van der Waals surface area contributed by atoms with Gasteiger partial charge in [-0.3, -0.25) is 0 Å². The molecule has 6 heteroatoms. The van der Waals surface area contributed by atoms with Gasteiger partial charge in [-0.05, 0) is 122 Å². The Hall–Kier alpha value is -2.76. The monoisotopic (exact) mass is 605 g/mol. The molecule has 3 rings (SSSR count). The molecule has 0 bridgehead atoms. The molecule has 0 saturated heterocycles. The van der Waals surface area contributed by atoms with E-state index in [2.05, 4.69) is 132 Å². The second-order valence-corrected chi connectivity index (χ2v) is 14.9. The molecule has 0 saturated carbocycles. The number of nitrogens with zero attached hydrogens (tertiary/aromatic N) is 6. The number of hydrogen-bond donors (Lipinski definition) is 0. The van der Waals surface area contributed by atoms with E-state index in [1.165, 1.54) is 35.2 Å². The van der Waals surface area contributed by atoms with Gasteiger partial charge in [0.05, 0.1) is 29.5 Å². The van der Waals surface area contributed by atoms with Crippen LogP contribution in [0.15, 0.2) is 36.8 Å². The summed E-state index contributed by atoms with van der Waals surface area (Å²) in [6, 6.07) is 6.51. The van der Waals surface area contributed by atoms with Crippen LogP contribution >= 0.6 is 0 Å². The molecule has 3 heterocycles. The zero-order chi connectivity index (χ0) is 33.1. The van der Waals surface area contributed by atoms with Gasteiger partial charge in [0.1, 0.15) is 0 Å². The lowest BCUT2D eigenvalue weighted by Crippen LogP contribution is -2.06. The Kier molecular flexibility index (Phi) is 19.5. The molecule has 0 atom stereocenters. The Bertz CT molecular complexity index is 1070. The minimum absolute atomic E-state index is 0.651. The summed E-state index contributed by atoms with van der Waals surface area (Å²) in [7, 11) is 0. The number of hydrogen-bond acceptors (Lipinski definition) is 6. The van der Waals surface area contributed by atoms with Crippen LogP contribution in [0.1, 0.15) is 130 Å². The van der Waals surface area contributed by atoms with Crippen molar-refractivity contribution in [3.8, 4) is 0 Å². The molecule has 0 amide bonds. The van der Waals surface area contributed by atoms with Crippen LogP contribution in [0.25, 0.3) is 0 Å². The molecule has 0 aliphatic heterocycles. The normalized spacial score (nSPS) is 11.3. The predicted molar refractivity (Wildman–Crippen MR) is 187 cm³/mol. The number of rotatable bonds is 14. The molecular weight excluding hydrogens is 540 g/mol. The van der Waals surface area contributed by atoms with Gasteiger partial charge in [0.25, 0.3) is 0 Å². The fraction of sp³-hybridized carbons (Fsp3) is 0.684. The van der Waals surface area contributed by atoms with E-state index in [1.807, 2.05) is 12.4 Å². The fourth-order valence-electron chi connectivity index (χ4n) is 4.74. The SMILES string of the molecule is CC(C)CCc1cnnc(CCC(C)C)c1.CC(C)Cc1ccnnc1CC(C)C.CC(C)Cc1cnnc(CC(C)C)c1. The van der Waals surface area contributed by atoms with Crippen molar-refractivity contribution in [1.29, 1.82) is 0 Å². The molecule has 0 aliphatic rings. The molecule has 3 aromatic rings. The minimum Gasteiger partial charge on any atom is -0.159 e. The van der Waals surface area contributed by atoms with Crippen LogP contribution in [-0.4, -0.2) is 30.6 Å². The van der Waals surface area contributed by atoms with E-state index < -0.39 is 0 Å². The molecule has 246 valence electrons. The minimum atomic E-state index is 0.651. The molecule has 0 N–H and O–H groups in total. The van der Waals surface area contributed by atoms with E-state index in [-0.39, 0.29) is 0 Å². The molecule has 3 aromatic heterocycles. The van der Waals surface area contributed by atoms with Crippen LogP contribution in [0.2, 0.25) is 0 Å². The van der Waals surface area contributed by atoms with Crippen molar-refractivity contribution < 1.29 is 0 Å². The maximum absolute atomic E-state index is 4.22. The Balaban J connectivity index is 0.000000331. The maximum atomic E-state index is 4.22. The second kappa shape index (κ2) is 21.9. The lowest BCUT2D eigenvalue weighted by Gasteiger charge is -2.10. The summed E-state index contributed by atoms with van der Waals surface area (Å²) in [6.07, 6.45) is 14.5. The first-order valence-electron chi connectivity index (χ1n) is 17.1. The molecule has 0 fully saturated rings. The summed E-state index contributed by atoms with van der Waals surface area (Å²) in [5.74, 6) is 4.17. The van der Waals surface area contributed by atoms with Gasteiger partial charge in [-0.1, -0.05) is 83.1 Å². The van der Waals surface area contributed by atoms with Crippen molar-refractivity contribution in [3.63, 3.8) is 0 Å². The number of aromatic nitrogens is 6. The van der Waals surface area contributed by atoms with Crippen molar-refractivity contribution in [2.45, 2.75) is 134 Å². The molecule has 44 heavy (non-hydrogen) atoms. The van der Waals surface area contributed by atoms with E-state index in [9.17, 15) is 0 Å². The van der Waals surface area contributed by atoms with Crippen molar-refractivity contribution in [3.05, 3.63) is 70.6 Å². The first-order chi connectivity index (χ1) is 20.7. The van der Waals surface area contributed by atoms with Crippen molar-refractivity contribution in [1.82, 2.24) is 30.6 Å². The third-order valence-corrected chi connectivity index (χ3v) is 6.89. The molecule has 6 nitrogen and oxygen atoms in total. The Morgan fingerprint density at radius 1 is 0.477 bits per heavy atom. The third kappa shape index (κ3) is 19.5. The quantitative estimate of drug-likeness (QED) is 0.182. The molecule has 0 spiro atoms. The van der Waals surface area contributed by atoms with Crippen LogP contribution in [-0.2, 0) is 38.5 Å². The zero-order valence-electron chi connectivity index (χ0n) is 30.3. The van der Waals surface area contributed by atoms with Gasteiger partial charge in [-0.25, -0.2) is 0 Å². The van der Waals surface area contributed by atoms with Crippen LogP contribution in [0, 0.1) is 35.5 Å². The first-order valence-corrected chi connectivity index (χ1v) is 17.1. The molecule has 0 aliphatic carbocycles. The highest BCUT2D eigenvalue weighted by atomic mass is 15.1. The van der Waals surface area contributed by atoms with Gasteiger partial charge in [0.2, 0.25) is 0 Å². The van der Waals surface area contributed by atoms with Crippen LogP contribution in [0.3, 0.4) is 0 Å². The standard InChI is InChI=1S/C14H24N2.2C12H20N2/c1-11(2)5-7-13-9-14(16-15-10-13)8-6-12(3)4;1-9(2)5-11-7-12(6-10(3)4)14-13-8-11;1-9(2)7-11-5-6-13-14-12(11)8-10(3)4/h9-12H,5-8H2,1-4H3;7-10H,5-6H2,1-4H3;5-6,9-10H,7-8H2,1-4H3. The highest BCUT2D eigenvalue weighted by Gasteiger charge is 2.08. The first kappa shape index (κ1) is 39.3. The van der Waals surface area contributed by atoms with Crippen LogP contribution in [0.5, 0.6) is 0 Å². The van der Waals surface area contributed by atoms with E-state index in [0.29, 0.717) is 23.7 Å². The summed E-state index contributed by atoms with van der Waals surface area (Å²) in [4.78, 5) is 0. The average molecular weight is 605 g/mol. The predicted octanol–water partition coefficient (Wildman–Crippen LogP) is 9.40. The molecule has 0 aromatic carbocycles. The van der Waals surface area contributed by atoms with Gasteiger partial charge in [-0.15, -0.1) is 0 Å². The van der Waals surface area contributed by atoms with E-state index in [0.717, 1.165) is 61.7 Å². The van der Waals surface area contributed by atoms with Crippen molar-refractivity contribution in [2.24, 2.45) is 35.5 Å². The maximum Gasteiger partial charge on any atom is 0.0665 e. The van der Waals surface area contributed by atoms with E-state index in [4.69, 9.17) is 0 Å². The lowest BCUT2D eigenvalue weighted by atomic mass is 9.98. The van der Waals surface area contributed by atoms with Crippen molar-refractivity contribution in [2.75, 3.05) is 0 Å². The topological polar surface area (TPSA) is 77.3 Å². The van der Waals surface area contributed by atoms with Gasteiger partial charge in [0.15, 0.2) is 0 Å². The van der Waals surface area contributed by atoms with Gasteiger partial charge < -0.3 is 0 Å². The third-order valence-electron chi connectivity index (χ3n) is 6.89. The van der Waals surface area contributed by atoms with E-state index in [1.54, 1.807) is 6.20 Å². The average Bonchev–Trinajstić information content (AvgIpc) is 2.92. The second-order valence-electron chi connectivity index (χ2n) is 14.9. The summed E-state index contributed by atoms with van der Waals surface area (Å²) >= 11 is 0. The summed E-state index contributed by atoms with van der Waals surface area (Å²) in [6.45, 7) is 26.8. The highest BCUT2D eigenvalue weighted by molar-refractivity contribution is 5.18. The van der Waals surface area contributed by atoms with Gasteiger partial charge in [-0.2, -0.15) is 30.6 Å². The Morgan fingerprint density at radius 3 is 1.57 bits per heavy atom. The highest BCUT2D eigenvalue weighted by Crippen LogP contribution is 2.15.